The van der Waals surface area contributed by atoms with Crippen LogP contribution in [0.2, 0.25) is 0 Å². The maximum Gasteiger partial charge on any atom is 0.345 e. The maximum atomic E-state index is 11.7. The first-order valence-electron chi connectivity index (χ1n) is 4.80. The zero-order chi connectivity index (χ0) is 12.3. The van der Waals surface area contributed by atoms with Crippen molar-refractivity contribution < 1.29 is 14.7 Å². The van der Waals surface area contributed by atoms with Crippen molar-refractivity contribution in [2.45, 2.75) is 6.54 Å². The van der Waals surface area contributed by atoms with E-state index in [1.54, 1.807) is 11.3 Å². The third-order valence-electron chi connectivity index (χ3n) is 2.04. The van der Waals surface area contributed by atoms with E-state index in [4.69, 9.17) is 5.11 Å². The summed E-state index contributed by atoms with van der Waals surface area (Å²) in [6, 6.07) is 6.81. The number of aromatic carboxylic acids is 1. The van der Waals surface area contributed by atoms with E-state index in [0.29, 0.717) is 11.4 Å². The van der Waals surface area contributed by atoms with Gasteiger partial charge in [0.1, 0.15) is 4.88 Å². The fourth-order valence-corrected chi connectivity index (χ4v) is 2.65. The van der Waals surface area contributed by atoms with Gasteiger partial charge in [-0.05, 0) is 23.6 Å². The highest BCUT2D eigenvalue weighted by atomic mass is 32.1. The number of thiophene rings is 2. The molecule has 0 fully saturated rings. The average Bonchev–Trinajstić information content (AvgIpc) is 2.96. The molecule has 6 heteroatoms. The van der Waals surface area contributed by atoms with Crippen LogP contribution < -0.4 is 5.32 Å². The number of rotatable bonds is 4. The molecule has 0 aliphatic carbocycles. The lowest BCUT2D eigenvalue weighted by molar-refractivity contribution is 0.0702. The van der Waals surface area contributed by atoms with E-state index in [9.17, 15) is 9.59 Å². The minimum absolute atomic E-state index is 0.172. The molecular formula is C11H9NO3S2. The Morgan fingerprint density at radius 1 is 1.24 bits per heavy atom. The van der Waals surface area contributed by atoms with E-state index in [0.717, 1.165) is 16.2 Å². The molecule has 2 N–H and O–H groups in total. The Morgan fingerprint density at radius 2 is 2.00 bits per heavy atom. The summed E-state index contributed by atoms with van der Waals surface area (Å²) in [5.41, 5.74) is 0. The van der Waals surface area contributed by atoms with Gasteiger partial charge in [0, 0.05) is 4.88 Å². The highest BCUT2D eigenvalue weighted by Gasteiger charge is 2.12. The van der Waals surface area contributed by atoms with Crippen LogP contribution in [0, 0.1) is 0 Å². The molecule has 0 atom stereocenters. The summed E-state index contributed by atoms with van der Waals surface area (Å²) in [4.78, 5) is 24.0. The van der Waals surface area contributed by atoms with Gasteiger partial charge in [-0.3, -0.25) is 4.79 Å². The second-order valence-electron chi connectivity index (χ2n) is 3.23. The Labute approximate surface area is 106 Å². The van der Waals surface area contributed by atoms with Crippen molar-refractivity contribution in [2.24, 2.45) is 0 Å². The largest absolute Gasteiger partial charge is 0.477 e. The molecule has 0 aromatic carbocycles. The first kappa shape index (κ1) is 11.8. The van der Waals surface area contributed by atoms with Gasteiger partial charge < -0.3 is 10.4 Å². The molecule has 2 heterocycles. The molecule has 2 aromatic heterocycles. The molecule has 0 saturated carbocycles. The van der Waals surface area contributed by atoms with Crippen molar-refractivity contribution >= 4 is 34.6 Å². The molecule has 2 aromatic rings. The molecule has 0 bridgehead atoms. The third kappa shape index (κ3) is 2.92. The number of carbonyl (C=O) groups excluding carboxylic acids is 1. The summed E-state index contributed by atoms with van der Waals surface area (Å²) < 4.78 is 0. The van der Waals surface area contributed by atoms with Gasteiger partial charge in [0.05, 0.1) is 11.4 Å². The molecule has 2 rings (SSSR count). The summed E-state index contributed by atoms with van der Waals surface area (Å²) >= 11 is 2.54. The monoisotopic (exact) mass is 267 g/mol. The third-order valence-corrected chi connectivity index (χ3v) is 3.99. The summed E-state index contributed by atoms with van der Waals surface area (Å²) in [6.45, 7) is 0.469. The maximum absolute atomic E-state index is 11.7. The van der Waals surface area contributed by atoms with Crippen LogP contribution in [0.5, 0.6) is 0 Å². The summed E-state index contributed by atoms with van der Waals surface area (Å²) in [5.74, 6) is -1.25. The van der Waals surface area contributed by atoms with Gasteiger partial charge in [0.2, 0.25) is 0 Å². The lowest BCUT2D eigenvalue weighted by Gasteiger charge is -2.00. The molecule has 1 amide bonds. The molecule has 0 aliphatic rings. The number of hydrogen-bond acceptors (Lipinski definition) is 4. The summed E-state index contributed by atoms with van der Waals surface area (Å²) in [6.07, 6.45) is 0. The number of nitrogens with one attached hydrogen (secondary N) is 1. The van der Waals surface area contributed by atoms with Crippen molar-refractivity contribution in [3.05, 3.63) is 44.3 Å². The normalized spacial score (nSPS) is 10.1. The van der Waals surface area contributed by atoms with Gasteiger partial charge >= 0.3 is 5.97 Å². The van der Waals surface area contributed by atoms with Crippen LogP contribution in [0.3, 0.4) is 0 Å². The van der Waals surface area contributed by atoms with E-state index in [1.807, 2.05) is 17.5 Å². The Morgan fingerprint density at radius 3 is 2.59 bits per heavy atom. The van der Waals surface area contributed by atoms with Crippen LogP contribution in [0.1, 0.15) is 24.2 Å². The van der Waals surface area contributed by atoms with E-state index >= 15 is 0 Å². The highest BCUT2D eigenvalue weighted by Crippen LogP contribution is 2.16. The Kier molecular flexibility index (Phi) is 3.55. The fourth-order valence-electron chi connectivity index (χ4n) is 1.24. The van der Waals surface area contributed by atoms with Crippen LogP contribution in [0.25, 0.3) is 0 Å². The number of hydrogen-bond donors (Lipinski definition) is 2. The molecule has 0 radical (unpaired) electrons. The van der Waals surface area contributed by atoms with Crippen LogP contribution >= 0.6 is 22.7 Å². The highest BCUT2D eigenvalue weighted by molar-refractivity contribution is 7.15. The SMILES string of the molecule is O=C(O)c1ccc(C(=O)NCc2cccs2)s1. The van der Waals surface area contributed by atoms with Crippen molar-refractivity contribution in [3.8, 4) is 0 Å². The fraction of sp³-hybridized carbons (Fsp3) is 0.0909. The minimum atomic E-state index is -1.01. The first-order valence-corrected chi connectivity index (χ1v) is 6.50. The molecule has 0 aliphatic heterocycles. The van der Waals surface area contributed by atoms with Crippen molar-refractivity contribution in [1.29, 1.82) is 0 Å². The van der Waals surface area contributed by atoms with Gasteiger partial charge in [-0.1, -0.05) is 6.07 Å². The minimum Gasteiger partial charge on any atom is -0.477 e. The molecule has 17 heavy (non-hydrogen) atoms. The van der Waals surface area contributed by atoms with Gasteiger partial charge in [-0.15, -0.1) is 22.7 Å². The van der Waals surface area contributed by atoms with Crippen LogP contribution in [-0.2, 0) is 6.54 Å². The van der Waals surface area contributed by atoms with Crippen molar-refractivity contribution in [1.82, 2.24) is 5.32 Å². The van der Waals surface area contributed by atoms with E-state index in [2.05, 4.69) is 5.32 Å². The summed E-state index contributed by atoms with van der Waals surface area (Å²) in [7, 11) is 0. The smallest absolute Gasteiger partial charge is 0.345 e. The molecule has 0 saturated heterocycles. The predicted molar refractivity (Wildman–Crippen MR) is 66.8 cm³/mol. The van der Waals surface area contributed by atoms with Gasteiger partial charge in [-0.25, -0.2) is 4.79 Å². The number of carboxylic acids is 1. The predicted octanol–water partition coefficient (Wildman–Crippen LogP) is 2.44. The Balaban J connectivity index is 1.97. The zero-order valence-electron chi connectivity index (χ0n) is 8.67. The van der Waals surface area contributed by atoms with Gasteiger partial charge in [0.25, 0.3) is 5.91 Å². The second-order valence-corrected chi connectivity index (χ2v) is 5.35. The number of amides is 1. The lowest BCUT2D eigenvalue weighted by Crippen LogP contribution is -2.21. The Hall–Kier alpha value is -1.66. The van der Waals surface area contributed by atoms with E-state index < -0.39 is 5.97 Å². The average molecular weight is 267 g/mol. The topological polar surface area (TPSA) is 66.4 Å². The molecule has 0 spiro atoms. The standard InChI is InChI=1S/C11H9NO3S2/c13-10(12-6-7-2-1-5-16-7)8-3-4-9(17-8)11(14)15/h1-5H,6H2,(H,12,13)(H,14,15). The first-order chi connectivity index (χ1) is 8.16. The molecule has 4 nitrogen and oxygen atoms in total. The van der Waals surface area contributed by atoms with E-state index in [1.165, 1.54) is 12.1 Å². The van der Waals surface area contributed by atoms with Crippen LogP contribution in [0.4, 0.5) is 0 Å². The molecular weight excluding hydrogens is 258 g/mol. The van der Waals surface area contributed by atoms with Crippen LogP contribution in [-0.4, -0.2) is 17.0 Å². The second kappa shape index (κ2) is 5.11. The quantitative estimate of drug-likeness (QED) is 0.894. The Bertz CT molecular complexity index is 531. The number of carbonyl (C=O) groups is 2. The number of carboxylic acid groups (broad SMARTS) is 1. The van der Waals surface area contributed by atoms with Crippen LogP contribution in [0.15, 0.2) is 29.6 Å². The van der Waals surface area contributed by atoms with Gasteiger partial charge in [-0.2, -0.15) is 0 Å². The van der Waals surface area contributed by atoms with Crippen molar-refractivity contribution in [3.63, 3.8) is 0 Å². The molecule has 0 unspecified atom stereocenters. The van der Waals surface area contributed by atoms with Crippen molar-refractivity contribution in [2.75, 3.05) is 0 Å². The summed E-state index contributed by atoms with van der Waals surface area (Å²) in [5, 5.41) is 13.4. The lowest BCUT2D eigenvalue weighted by atomic mass is 10.4. The van der Waals surface area contributed by atoms with E-state index in [-0.39, 0.29) is 10.8 Å². The van der Waals surface area contributed by atoms with Gasteiger partial charge in [0.15, 0.2) is 0 Å². The zero-order valence-corrected chi connectivity index (χ0v) is 10.3. The molecule has 88 valence electrons.